The van der Waals surface area contributed by atoms with Crippen molar-refractivity contribution >= 4 is 21.6 Å². The zero-order valence-electron chi connectivity index (χ0n) is 15.8. The van der Waals surface area contributed by atoms with Crippen LogP contribution >= 0.6 is 0 Å². The highest BCUT2D eigenvalue weighted by atomic mass is 32.2. The van der Waals surface area contributed by atoms with Crippen LogP contribution in [0.15, 0.2) is 70.7 Å². The van der Waals surface area contributed by atoms with Crippen molar-refractivity contribution in [3.05, 3.63) is 66.2 Å². The predicted molar refractivity (Wildman–Crippen MR) is 109 cm³/mol. The Labute approximate surface area is 166 Å². The fraction of sp³-hybridized carbons (Fsp3) is 0.333. The molecule has 148 valence electrons. The molecule has 1 aliphatic rings. The second-order valence-corrected chi connectivity index (χ2v) is 8.75. The van der Waals surface area contributed by atoms with E-state index in [1.165, 1.54) is 4.31 Å². The molecule has 2 aromatic rings. The fourth-order valence-electron chi connectivity index (χ4n) is 3.16. The van der Waals surface area contributed by atoms with Crippen molar-refractivity contribution in [1.29, 1.82) is 0 Å². The molecule has 0 heterocycles. The summed E-state index contributed by atoms with van der Waals surface area (Å²) in [6.45, 7) is -0.0495. The molecule has 1 saturated carbocycles. The van der Waals surface area contributed by atoms with Crippen LogP contribution in [0.4, 0.5) is 0 Å². The molecule has 0 spiro atoms. The van der Waals surface area contributed by atoms with Gasteiger partial charge < -0.3 is 0 Å². The Morgan fingerprint density at radius 3 is 2.21 bits per heavy atom. The Morgan fingerprint density at radius 2 is 1.57 bits per heavy atom. The van der Waals surface area contributed by atoms with Crippen LogP contribution in [0.3, 0.4) is 0 Å². The van der Waals surface area contributed by atoms with Crippen LogP contribution in [0.2, 0.25) is 0 Å². The molecule has 1 aliphatic carbocycles. The van der Waals surface area contributed by atoms with Gasteiger partial charge in [-0.3, -0.25) is 4.79 Å². The summed E-state index contributed by atoms with van der Waals surface area (Å²) in [5.74, 6) is -0.424. The minimum atomic E-state index is -3.78. The van der Waals surface area contributed by atoms with Gasteiger partial charge >= 0.3 is 0 Å². The first-order valence-corrected chi connectivity index (χ1v) is 10.9. The number of benzene rings is 2. The lowest BCUT2D eigenvalue weighted by Crippen LogP contribution is -2.40. The van der Waals surface area contributed by atoms with E-state index in [1.54, 1.807) is 30.3 Å². The molecule has 6 nitrogen and oxygen atoms in total. The highest BCUT2D eigenvalue weighted by Crippen LogP contribution is 2.16. The molecule has 1 fully saturated rings. The van der Waals surface area contributed by atoms with Gasteiger partial charge in [-0.2, -0.15) is 9.41 Å². The van der Waals surface area contributed by atoms with E-state index in [9.17, 15) is 13.2 Å². The first-order valence-electron chi connectivity index (χ1n) is 9.49. The van der Waals surface area contributed by atoms with Gasteiger partial charge in [-0.25, -0.2) is 13.8 Å². The minimum absolute atomic E-state index is 0.179. The summed E-state index contributed by atoms with van der Waals surface area (Å²) in [4.78, 5) is 12.6. The third-order valence-corrected chi connectivity index (χ3v) is 6.57. The van der Waals surface area contributed by atoms with E-state index in [0.717, 1.165) is 37.0 Å². The minimum Gasteiger partial charge on any atom is -0.272 e. The van der Waals surface area contributed by atoms with Gasteiger partial charge in [-0.05, 0) is 49.8 Å². The van der Waals surface area contributed by atoms with Gasteiger partial charge in [0, 0.05) is 12.3 Å². The summed E-state index contributed by atoms with van der Waals surface area (Å²) in [5.41, 5.74) is 4.50. The number of hydrogen-bond acceptors (Lipinski definition) is 4. The van der Waals surface area contributed by atoms with Gasteiger partial charge in [0.1, 0.15) is 0 Å². The maximum Gasteiger partial charge on any atom is 0.255 e. The first-order chi connectivity index (χ1) is 13.6. The van der Waals surface area contributed by atoms with E-state index in [1.807, 2.05) is 30.3 Å². The van der Waals surface area contributed by atoms with Crippen molar-refractivity contribution in [1.82, 2.24) is 9.73 Å². The number of sulfonamides is 1. The highest BCUT2D eigenvalue weighted by Gasteiger charge is 2.26. The molecule has 2 aromatic carbocycles. The Bertz CT molecular complexity index is 904. The smallest absolute Gasteiger partial charge is 0.255 e. The fourth-order valence-corrected chi connectivity index (χ4v) is 4.57. The van der Waals surface area contributed by atoms with E-state index >= 15 is 0 Å². The monoisotopic (exact) mass is 399 g/mol. The van der Waals surface area contributed by atoms with Crippen LogP contribution in [0, 0.1) is 0 Å². The number of rotatable bonds is 8. The van der Waals surface area contributed by atoms with Crippen LogP contribution < -0.4 is 5.43 Å². The highest BCUT2D eigenvalue weighted by molar-refractivity contribution is 7.89. The maximum absolute atomic E-state index is 13.1. The van der Waals surface area contributed by atoms with Gasteiger partial charge in [-0.1, -0.05) is 48.5 Å². The van der Waals surface area contributed by atoms with Crippen molar-refractivity contribution in [2.24, 2.45) is 5.10 Å². The molecule has 0 aromatic heterocycles. The Kier molecular flexibility index (Phi) is 6.95. The van der Waals surface area contributed by atoms with E-state index in [-0.39, 0.29) is 18.0 Å². The summed E-state index contributed by atoms with van der Waals surface area (Å²) in [6, 6.07) is 17.8. The van der Waals surface area contributed by atoms with Gasteiger partial charge in [0.2, 0.25) is 10.0 Å². The van der Waals surface area contributed by atoms with E-state index in [0.29, 0.717) is 6.42 Å². The normalized spacial score (nSPS) is 14.2. The molecular formula is C21H25N3O3S. The first kappa shape index (κ1) is 20.2. The number of amides is 1. The maximum atomic E-state index is 13.1. The zero-order chi connectivity index (χ0) is 19.8. The second kappa shape index (κ2) is 9.61. The number of carbonyl (C=O) groups is 1. The van der Waals surface area contributed by atoms with Crippen LogP contribution in [0.5, 0.6) is 0 Å². The molecule has 1 amide bonds. The Hall–Kier alpha value is -2.51. The van der Waals surface area contributed by atoms with Crippen molar-refractivity contribution in [3.8, 4) is 0 Å². The Balaban J connectivity index is 1.73. The molecule has 0 unspecified atom stereocenters. The molecule has 3 rings (SSSR count). The predicted octanol–water partition coefficient (Wildman–Crippen LogP) is 2.97. The average molecular weight is 400 g/mol. The summed E-state index contributed by atoms with van der Waals surface area (Å²) in [5, 5.41) is 4.14. The van der Waals surface area contributed by atoms with E-state index in [2.05, 4.69) is 10.5 Å². The average Bonchev–Trinajstić information content (AvgIpc) is 3.24. The van der Waals surface area contributed by atoms with Crippen molar-refractivity contribution in [2.45, 2.75) is 37.0 Å². The van der Waals surface area contributed by atoms with Gasteiger partial charge in [0.05, 0.1) is 11.4 Å². The molecule has 1 N–H and O–H groups in total. The lowest BCUT2D eigenvalue weighted by atomic mass is 10.1. The van der Waals surface area contributed by atoms with Crippen LogP contribution in [0.25, 0.3) is 0 Å². The van der Waals surface area contributed by atoms with Crippen molar-refractivity contribution in [3.63, 3.8) is 0 Å². The zero-order valence-corrected chi connectivity index (χ0v) is 16.6. The molecule has 0 aliphatic heterocycles. The summed E-state index contributed by atoms with van der Waals surface area (Å²) in [7, 11) is -3.78. The summed E-state index contributed by atoms with van der Waals surface area (Å²) >= 11 is 0. The molecular weight excluding hydrogens is 374 g/mol. The van der Waals surface area contributed by atoms with Gasteiger partial charge in [-0.15, -0.1) is 0 Å². The van der Waals surface area contributed by atoms with Gasteiger partial charge in [0.15, 0.2) is 0 Å². The van der Waals surface area contributed by atoms with Crippen LogP contribution in [-0.4, -0.2) is 37.4 Å². The van der Waals surface area contributed by atoms with E-state index < -0.39 is 15.9 Å². The number of nitrogens with one attached hydrogen (secondary N) is 1. The van der Waals surface area contributed by atoms with Crippen LogP contribution in [0.1, 0.15) is 31.2 Å². The third kappa shape index (κ3) is 5.50. The molecule has 0 bridgehead atoms. The lowest BCUT2D eigenvalue weighted by molar-refractivity contribution is -0.121. The second-order valence-electron chi connectivity index (χ2n) is 6.81. The SMILES string of the molecule is O=C(CN(CCc1ccccc1)S(=O)(=O)c1ccccc1)NN=C1CCCC1. The largest absolute Gasteiger partial charge is 0.272 e. The van der Waals surface area contributed by atoms with Crippen molar-refractivity contribution < 1.29 is 13.2 Å². The number of hydrogen-bond donors (Lipinski definition) is 1. The van der Waals surface area contributed by atoms with Crippen molar-refractivity contribution in [2.75, 3.05) is 13.1 Å². The van der Waals surface area contributed by atoms with Crippen LogP contribution in [-0.2, 0) is 21.2 Å². The third-order valence-electron chi connectivity index (χ3n) is 4.71. The molecule has 0 atom stereocenters. The number of nitrogens with zero attached hydrogens (tertiary/aromatic N) is 2. The number of hydrazone groups is 1. The number of carbonyl (C=O) groups excluding carboxylic acids is 1. The lowest BCUT2D eigenvalue weighted by Gasteiger charge is -2.21. The molecule has 0 radical (unpaired) electrons. The van der Waals surface area contributed by atoms with E-state index in [4.69, 9.17) is 0 Å². The summed E-state index contributed by atoms with van der Waals surface area (Å²) < 4.78 is 27.3. The summed E-state index contributed by atoms with van der Waals surface area (Å²) in [6.07, 6.45) is 4.47. The van der Waals surface area contributed by atoms with Gasteiger partial charge in [0.25, 0.3) is 5.91 Å². The quantitative estimate of drug-likeness (QED) is 0.693. The molecule has 28 heavy (non-hydrogen) atoms. The Morgan fingerprint density at radius 1 is 0.964 bits per heavy atom. The molecule has 7 heteroatoms. The molecule has 0 saturated heterocycles. The topological polar surface area (TPSA) is 78.8 Å². The standard InChI is InChI=1S/C21H25N3O3S/c25-21(23-22-19-11-7-8-12-19)17-24(16-15-18-9-3-1-4-10-18)28(26,27)20-13-5-2-6-14-20/h1-6,9-10,13-14H,7-8,11-12,15-17H2,(H,23,25).